The number of hydrogen-bond donors (Lipinski definition) is 1. The van der Waals surface area contributed by atoms with Crippen LogP contribution in [0.2, 0.25) is 0 Å². The molecule has 0 aliphatic carbocycles. The largest absolute Gasteiger partial charge is 0.478 e. The normalized spacial score (nSPS) is 19.8. The van der Waals surface area contributed by atoms with E-state index in [4.69, 9.17) is 4.74 Å². The third kappa shape index (κ3) is 4.82. The van der Waals surface area contributed by atoms with Gasteiger partial charge >= 0.3 is 5.97 Å². The van der Waals surface area contributed by atoms with Gasteiger partial charge in [0.15, 0.2) is 0 Å². The quantitative estimate of drug-likeness (QED) is 0.891. The van der Waals surface area contributed by atoms with Crippen LogP contribution in [0.25, 0.3) is 0 Å². The molecule has 1 aromatic rings. The van der Waals surface area contributed by atoms with Crippen LogP contribution in [0.1, 0.15) is 48.0 Å². The van der Waals surface area contributed by atoms with E-state index in [1.165, 1.54) is 0 Å². The zero-order valence-electron chi connectivity index (χ0n) is 14.7. The van der Waals surface area contributed by atoms with Gasteiger partial charge in [-0.3, -0.25) is 4.79 Å². The summed E-state index contributed by atoms with van der Waals surface area (Å²) in [6, 6.07) is 7.25. The minimum atomic E-state index is -0.861. The summed E-state index contributed by atoms with van der Waals surface area (Å²) in [7, 11) is 0. The van der Waals surface area contributed by atoms with Gasteiger partial charge in [0, 0.05) is 32.7 Å². The number of carboxylic acids is 1. The number of piperidine rings is 1. The van der Waals surface area contributed by atoms with Gasteiger partial charge in [0.05, 0.1) is 5.56 Å². The lowest BCUT2D eigenvalue weighted by Gasteiger charge is -2.33. The molecule has 2 aliphatic heterocycles. The number of hydrogen-bond acceptors (Lipinski definition) is 3. The number of nitrogens with zero attached hydrogens (tertiary/aromatic N) is 1. The third-order valence-electron chi connectivity index (χ3n) is 5.53. The van der Waals surface area contributed by atoms with Crippen LogP contribution in [-0.4, -0.2) is 48.2 Å². The molecule has 1 aromatic carbocycles. The predicted octanol–water partition coefficient (Wildman–Crippen LogP) is 2.98. The van der Waals surface area contributed by atoms with E-state index in [9.17, 15) is 14.7 Å². The molecule has 0 spiro atoms. The van der Waals surface area contributed by atoms with Crippen LogP contribution in [0.4, 0.5) is 0 Å². The minimum Gasteiger partial charge on any atom is -0.478 e. The summed E-state index contributed by atoms with van der Waals surface area (Å²) in [5.41, 5.74) is 1.31. The highest BCUT2D eigenvalue weighted by Crippen LogP contribution is 2.25. The summed E-state index contributed by atoms with van der Waals surface area (Å²) in [5.74, 6) is 0.338. The molecule has 5 heteroatoms. The Morgan fingerprint density at radius 1 is 1.04 bits per heavy atom. The molecule has 0 aromatic heterocycles. The van der Waals surface area contributed by atoms with E-state index in [1.54, 1.807) is 12.1 Å². The van der Waals surface area contributed by atoms with Crippen molar-refractivity contribution in [2.45, 2.75) is 38.5 Å². The van der Waals surface area contributed by atoms with Crippen LogP contribution in [0, 0.1) is 11.8 Å². The van der Waals surface area contributed by atoms with Crippen molar-refractivity contribution in [3.05, 3.63) is 35.4 Å². The molecule has 0 radical (unpaired) electrons. The summed E-state index contributed by atoms with van der Waals surface area (Å²) in [4.78, 5) is 25.8. The second-order valence-electron chi connectivity index (χ2n) is 7.25. The molecule has 0 unspecified atom stereocenters. The topological polar surface area (TPSA) is 66.8 Å². The SMILES string of the molecule is O=C(O)c1ccccc1CC1CCN(C(=O)CC2CCOCC2)CC1. The van der Waals surface area contributed by atoms with Gasteiger partial charge in [-0.2, -0.15) is 0 Å². The Labute approximate surface area is 149 Å². The number of carbonyl (C=O) groups excluding carboxylic acids is 1. The van der Waals surface area contributed by atoms with Gasteiger partial charge in [0.1, 0.15) is 0 Å². The number of rotatable bonds is 5. The molecule has 5 nitrogen and oxygen atoms in total. The van der Waals surface area contributed by atoms with Crippen LogP contribution in [0.15, 0.2) is 24.3 Å². The van der Waals surface area contributed by atoms with Gasteiger partial charge in [-0.1, -0.05) is 18.2 Å². The first-order chi connectivity index (χ1) is 12.1. The number of benzene rings is 1. The van der Waals surface area contributed by atoms with Crippen LogP contribution in [0.5, 0.6) is 0 Å². The monoisotopic (exact) mass is 345 g/mol. The van der Waals surface area contributed by atoms with Gasteiger partial charge < -0.3 is 14.7 Å². The molecular weight excluding hydrogens is 318 g/mol. The highest BCUT2D eigenvalue weighted by atomic mass is 16.5. The van der Waals surface area contributed by atoms with Crippen molar-refractivity contribution in [2.75, 3.05) is 26.3 Å². The van der Waals surface area contributed by atoms with Crippen molar-refractivity contribution < 1.29 is 19.4 Å². The molecule has 2 heterocycles. The fraction of sp³-hybridized carbons (Fsp3) is 0.600. The molecule has 0 atom stereocenters. The Balaban J connectivity index is 1.48. The molecular formula is C20H27NO4. The molecule has 0 saturated carbocycles. The summed E-state index contributed by atoms with van der Waals surface area (Å²) >= 11 is 0. The zero-order chi connectivity index (χ0) is 17.6. The molecule has 136 valence electrons. The maximum atomic E-state index is 12.5. The number of amides is 1. The number of likely N-dealkylation sites (tertiary alicyclic amines) is 1. The van der Waals surface area contributed by atoms with Gasteiger partial charge in [-0.05, 0) is 55.6 Å². The Kier molecular flexibility index (Phi) is 6.08. The van der Waals surface area contributed by atoms with Gasteiger partial charge in [-0.15, -0.1) is 0 Å². The van der Waals surface area contributed by atoms with Gasteiger partial charge in [0.2, 0.25) is 5.91 Å². The lowest BCUT2D eigenvalue weighted by molar-refractivity contribution is -0.134. The molecule has 0 bridgehead atoms. The van der Waals surface area contributed by atoms with Crippen LogP contribution < -0.4 is 0 Å². The van der Waals surface area contributed by atoms with E-state index in [2.05, 4.69) is 0 Å². The number of carbonyl (C=O) groups is 2. The molecule has 1 N–H and O–H groups in total. The first kappa shape index (κ1) is 17.9. The first-order valence-corrected chi connectivity index (χ1v) is 9.30. The lowest BCUT2D eigenvalue weighted by Crippen LogP contribution is -2.40. The Morgan fingerprint density at radius 3 is 2.40 bits per heavy atom. The highest BCUT2D eigenvalue weighted by Gasteiger charge is 2.26. The van der Waals surface area contributed by atoms with E-state index < -0.39 is 5.97 Å². The van der Waals surface area contributed by atoms with E-state index in [-0.39, 0.29) is 5.91 Å². The van der Waals surface area contributed by atoms with Crippen LogP contribution >= 0.6 is 0 Å². The number of ether oxygens (including phenoxy) is 1. The second kappa shape index (κ2) is 8.48. The van der Waals surface area contributed by atoms with Crippen molar-refractivity contribution in [2.24, 2.45) is 11.8 Å². The fourth-order valence-corrected chi connectivity index (χ4v) is 3.93. The van der Waals surface area contributed by atoms with Crippen molar-refractivity contribution >= 4 is 11.9 Å². The van der Waals surface area contributed by atoms with E-state index >= 15 is 0 Å². The first-order valence-electron chi connectivity index (χ1n) is 9.30. The van der Waals surface area contributed by atoms with Crippen LogP contribution in [-0.2, 0) is 16.0 Å². The summed E-state index contributed by atoms with van der Waals surface area (Å²) in [5, 5.41) is 9.30. The standard InChI is InChI=1S/C20H27NO4/c22-19(14-16-7-11-25-12-8-16)21-9-5-15(6-10-21)13-17-3-1-2-4-18(17)20(23)24/h1-4,15-16H,5-14H2,(H,23,24). The number of carboxylic acid groups (broad SMARTS) is 1. The maximum Gasteiger partial charge on any atom is 0.335 e. The van der Waals surface area contributed by atoms with E-state index in [0.29, 0.717) is 23.8 Å². The molecule has 2 aliphatic rings. The average molecular weight is 345 g/mol. The van der Waals surface area contributed by atoms with Crippen LogP contribution in [0.3, 0.4) is 0 Å². The summed E-state index contributed by atoms with van der Waals surface area (Å²) in [6.07, 6.45) is 5.32. The minimum absolute atomic E-state index is 0.274. The van der Waals surface area contributed by atoms with Crippen molar-refractivity contribution in [3.8, 4) is 0 Å². The predicted molar refractivity (Wildman–Crippen MR) is 94.6 cm³/mol. The van der Waals surface area contributed by atoms with Crippen molar-refractivity contribution in [1.29, 1.82) is 0 Å². The fourth-order valence-electron chi connectivity index (χ4n) is 3.93. The highest BCUT2D eigenvalue weighted by molar-refractivity contribution is 5.89. The third-order valence-corrected chi connectivity index (χ3v) is 5.53. The van der Waals surface area contributed by atoms with E-state index in [1.807, 2.05) is 17.0 Å². The molecule has 3 rings (SSSR count). The second-order valence-corrected chi connectivity index (χ2v) is 7.25. The zero-order valence-corrected chi connectivity index (χ0v) is 14.7. The Bertz CT molecular complexity index is 601. The molecule has 25 heavy (non-hydrogen) atoms. The smallest absolute Gasteiger partial charge is 0.335 e. The van der Waals surface area contributed by atoms with Gasteiger partial charge in [0.25, 0.3) is 0 Å². The summed E-state index contributed by atoms with van der Waals surface area (Å²) < 4.78 is 5.36. The lowest BCUT2D eigenvalue weighted by atomic mass is 9.88. The number of aromatic carboxylic acids is 1. The average Bonchev–Trinajstić information content (AvgIpc) is 2.63. The van der Waals surface area contributed by atoms with Crippen molar-refractivity contribution in [3.63, 3.8) is 0 Å². The van der Waals surface area contributed by atoms with Crippen molar-refractivity contribution in [1.82, 2.24) is 4.90 Å². The van der Waals surface area contributed by atoms with Gasteiger partial charge in [-0.25, -0.2) is 4.79 Å². The van der Waals surface area contributed by atoms with E-state index in [0.717, 1.165) is 64.0 Å². The summed E-state index contributed by atoms with van der Waals surface area (Å²) in [6.45, 7) is 3.15. The molecule has 2 fully saturated rings. The Hall–Kier alpha value is -1.88. The molecule has 1 amide bonds. The maximum absolute atomic E-state index is 12.5. The molecule has 2 saturated heterocycles. The Morgan fingerprint density at radius 2 is 1.72 bits per heavy atom.